The number of benzene rings is 1. The first-order chi connectivity index (χ1) is 8.20. The van der Waals surface area contributed by atoms with Gasteiger partial charge in [0.05, 0.1) is 0 Å². The predicted octanol–water partition coefficient (Wildman–Crippen LogP) is 4.78. The van der Waals surface area contributed by atoms with Crippen LogP contribution in [-0.4, -0.2) is 7.05 Å². The number of thiophene rings is 1. The molecule has 0 saturated heterocycles. The number of rotatable bonds is 4. The summed E-state index contributed by atoms with van der Waals surface area (Å²) in [5, 5.41) is 7.70. The van der Waals surface area contributed by atoms with Gasteiger partial charge in [-0.3, -0.25) is 0 Å². The average Bonchev–Trinajstić information content (AvgIpc) is 2.72. The molecule has 0 bridgehead atoms. The Morgan fingerprint density at radius 2 is 2.12 bits per heavy atom. The lowest BCUT2D eigenvalue weighted by Gasteiger charge is -2.16. The standard InChI is InChI=1S/C13H13Br2NS/c1-16-13(11-7-17-8-12(11)15)6-9-3-2-4-10(14)5-9/h2-5,7-8,13,16H,6H2,1H3. The molecular formula is C13H13Br2NS. The van der Waals surface area contributed by atoms with Crippen LogP contribution in [0.1, 0.15) is 17.2 Å². The molecule has 0 aliphatic carbocycles. The van der Waals surface area contributed by atoms with E-state index in [2.05, 4.69) is 72.2 Å². The number of hydrogen-bond acceptors (Lipinski definition) is 2. The van der Waals surface area contributed by atoms with E-state index in [9.17, 15) is 0 Å². The molecule has 0 radical (unpaired) electrons. The third-order valence-corrected chi connectivity index (χ3v) is 4.94. The second-order valence-electron chi connectivity index (χ2n) is 3.85. The fourth-order valence-electron chi connectivity index (χ4n) is 1.81. The Hall–Kier alpha value is -0.160. The van der Waals surface area contributed by atoms with E-state index < -0.39 is 0 Å². The van der Waals surface area contributed by atoms with E-state index in [1.807, 2.05) is 7.05 Å². The van der Waals surface area contributed by atoms with Gasteiger partial charge in [0.25, 0.3) is 0 Å². The van der Waals surface area contributed by atoms with Gasteiger partial charge in [0.15, 0.2) is 0 Å². The van der Waals surface area contributed by atoms with Crippen molar-refractivity contribution < 1.29 is 0 Å². The van der Waals surface area contributed by atoms with Gasteiger partial charge >= 0.3 is 0 Å². The SMILES string of the molecule is CNC(Cc1cccc(Br)c1)c1cscc1Br. The fourth-order valence-corrected chi connectivity index (χ4v) is 3.88. The highest BCUT2D eigenvalue weighted by atomic mass is 79.9. The van der Waals surface area contributed by atoms with Crippen LogP contribution in [0.3, 0.4) is 0 Å². The molecule has 1 nitrogen and oxygen atoms in total. The van der Waals surface area contributed by atoms with E-state index in [-0.39, 0.29) is 0 Å². The summed E-state index contributed by atoms with van der Waals surface area (Å²) in [5.41, 5.74) is 2.66. The van der Waals surface area contributed by atoms with Crippen LogP contribution < -0.4 is 5.32 Å². The lowest BCUT2D eigenvalue weighted by Crippen LogP contribution is -2.18. The number of hydrogen-bond donors (Lipinski definition) is 1. The van der Waals surface area contributed by atoms with E-state index in [1.54, 1.807) is 11.3 Å². The molecule has 4 heteroatoms. The zero-order valence-electron chi connectivity index (χ0n) is 9.41. The van der Waals surface area contributed by atoms with Crippen LogP contribution in [0.4, 0.5) is 0 Å². The molecule has 0 aliphatic rings. The van der Waals surface area contributed by atoms with Crippen molar-refractivity contribution in [2.45, 2.75) is 12.5 Å². The van der Waals surface area contributed by atoms with Crippen LogP contribution in [-0.2, 0) is 6.42 Å². The van der Waals surface area contributed by atoms with Crippen molar-refractivity contribution in [3.8, 4) is 0 Å². The van der Waals surface area contributed by atoms with E-state index in [0.717, 1.165) is 10.9 Å². The Morgan fingerprint density at radius 3 is 2.71 bits per heavy atom. The minimum absolute atomic E-state index is 0.352. The van der Waals surface area contributed by atoms with E-state index in [1.165, 1.54) is 15.6 Å². The molecule has 90 valence electrons. The first-order valence-electron chi connectivity index (χ1n) is 5.34. The summed E-state index contributed by atoms with van der Waals surface area (Å²) < 4.78 is 2.33. The molecule has 1 atom stereocenters. The Kier molecular flexibility index (Phi) is 4.79. The molecule has 1 aromatic carbocycles. The highest BCUT2D eigenvalue weighted by Gasteiger charge is 2.14. The van der Waals surface area contributed by atoms with Crippen molar-refractivity contribution in [1.82, 2.24) is 5.32 Å². The predicted molar refractivity (Wildman–Crippen MR) is 81.7 cm³/mol. The summed E-state index contributed by atoms with van der Waals surface area (Å²) in [6.45, 7) is 0. The van der Waals surface area contributed by atoms with Gasteiger partial charge in [0.1, 0.15) is 0 Å². The topological polar surface area (TPSA) is 12.0 Å². The molecule has 17 heavy (non-hydrogen) atoms. The van der Waals surface area contributed by atoms with Gasteiger partial charge in [-0.05, 0) is 58.0 Å². The smallest absolute Gasteiger partial charge is 0.0377 e. The zero-order valence-corrected chi connectivity index (χ0v) is 13.4. The van der Waals surface area contributed by atoms with Gasteiger partial charge in [-0.25, -0.2) is 0 Å². The molecule has 1 N–H and O–H groups in total. The molecule has 0 fully saturated rings. The highest BCUT2D eigenvalue weighted by Crippen LogP contribution is 2.29. The molecule has 1 heterocycles. The first-order valence-corrected chi connectivity index (χ1v) is 7.87. The number of likely N-dealkylation sites (N-methyl/N-ethyl adjacent to an activating group) is 1. The summed E-state index contributed by atoms with van der Waals surface area (Å²) in [5.74, 6) is 0. The second kappa shape index (κ2) is 6.14. The van der Waals surface area contributed by atoms with Crippen LogP contribution in [0.2, 0.25) is 0 Å². The zero-order chi connectivity index (χ0) is 12.3. The van der Waals surface area contributed by atoms with Gasteiger partial charge in [-0.15, -0.1) is 0 Å². The van der Waals surface area contributed by atoms with Crippen molar-refractivity contribution in [3.63, 3.8) is 0 Å². The first kappa shape index (κ1) is 13.3. The Labute approximate surface area is 123 Å². The van der Waals surface area contributed by atoms with E-state index >= 15 is 0 Å². The van der Waals surface area contributed by atoms with Gasteiger partial charge in [-0.2, -0.15) is 11.3 Å². The minimum Gasteiger partial charge on any atom is -0.313 e. The largest absolute Gasteiger partial charge is 0.313 e. The van der Waals surface area contributed by atoms with E-state index in [0.29, 0.717) is 6.04 Å². The lowest BCUT2D eigenvalue weighted by atomic mass is 10.0. The third kappa shape index (κ3) is 3.41. The monoisotopic (exact) mass is 373 g/mol. The van der Waals surface area contributed by atoms with Gasteiger partial charge < -0.3 is 5.32 Å². The molecule has 1 aromatic heterocycles. The molecule has 2 aromatic rings. The third-order valence-electron chi connectivity index (χ3n) is 2.70. The molecule has 0 saturated carbocycles. The van der Waals surface area contributed by atoms with Crippen LogP contribution in [0.5, 0.6) is 0 Å². The quantitative estimate of drug-likeness (QED) is 0.812. The van der Waals surface area contributed by atoms with Crippen molar-refractivity contribution in [3.05, 3.63) is 55.1 Å². The van der Waals surface area contributed by atoms with Crippen LogP contribution in [0.15, 0.2) is 44.0 Å². The molecule has 1 unspecified atom stereocenters. The molecule has 2 rings (SSSR count). The van der Waals surface area contributed by atoms with Crippen molar-refractivity contribution in [2.24, 2.45) is 0 Å². The fraction of sp³-hybridized carbons (Fsp3) is 0.231. The van der Waals surface area contributed by atoms with Crippen molar-refractivity contribution >= 4 is 43.2 Å². The molecule has 0 aliphatic heterocycles. The summed E-state index contributed by atoms with van der Waals surface area (Å²) in [6, 6.07) is 8.82. The summed E-state index contributed by atoms with van der Waals surface area (Å²) in [7, 11) is 2.01. The average molecular weight is 375 g/mol. The Bertz CT molecular complexity index is 496. The second-order valence-corrected chi connectivity index (χ2v) is 6.36. The van der Waals surface area contributed by atoms with Crippen LogP contribution in [0.25, 0.3) is 0 Å². The van der Waals surface area contributed by atoms with Gasteiger partial charge in [0.2, 0.25) is 0 Å². The Balaban J connectivity index is 2.19. The van der Waals surface area contributed by atoms with Crippen LogP contribution in [0, 0.1) is 0 Å². The van der Waals surface area contributed by atoms with Crippen LogP contribution >= 0.6 is 43.2 Å². The molecule has 0 amide bonds. The number of nitrogens with one attached hydrogen (secondary N) is 1. The van der Waals surface area contributed by atoms with Crippen molar-refractivity contribution in [1.29, 1.82) is 0 Å². The van der Waals surface area contributed by atoms with Gasteiger partial charge in [-0.1, -0.05) is 28.1 Å². The normalized spacial score (nSPS) is 12.6. The highest BCUT2D eigenvalue weighted by molar-refractivity contribution is 9.10. The summed E-state index contributed by atoms with van der Waals surface area (Å²) >= 11 is 8.83. The maximum Gasteiger partial charge on any atom is 0.0377 e. The van der Waals surface area contributed by atoms with Crippen molar-refractivity contribution in [2.75, 3.05) is 7.05 Å². The minimum atomic E-state index is 0.352. The van der Waals surface area contributed by atoms with Gasteiger partial charge in [0, 0.05) is 20.4 Å². The van der Waals surface area contributed by atoms with E-state index in [4.69, 9.17) is 0 Å². The Morgan fingerprint density at radius 1 is 1.29 bits per heavy atom. The lowest BCUT2D eigenvalue weighted by molar-refractivity contribution is 0.591. The molecular weight excluding hydrogens is 362 g/mol. The summed E-state index contributed by atoms with van der Waals surface area (Å²) in [6.07, 6.45) is 0.991. The molecule has 0 spiro atoms. The number of halogens is 2. The summed E-state index contributed by atoms with van der Waals surface area (Å²) in [4.78, 5) is 0. The maximum atomic E-state index is 3.60. The maximum absolute atomic E-state index is 3.60.